The first-order valence-corrected chi connectivity index (χ1v) is 16.5. The minimum Gasteiger partial charge on any atom is -0.480 e. The first kappa shape index (κ1) is 32.8. The number of nitrogens with two attached hydrogens (primary N) is 1. The molecule has 1 amide bonds. The molecule has 5 N–H and O–H groups in total. The SMILES string of the molecule is C=C(N[C@@H](CCSC)C(=O)O)[C@H]1O[C@H](CNC(=O)[C@@H](N)CSSC(C)(C)C)CC[C@@H]1OCc1ccccc1. The maximum atomic E-state index is 12.6. The molecule has 1 aromatic rings. The van der Waals surface area contributed by atoms with Gasteiger partial charge in [0.05, 0.1) is 24.9 Å². The Morgan fingerprint density at radius 1 is 1.26 bits per heavy atom. The number of rotatable bonds is 16. The monoisotopic (exact) mass is 585 g/mol. The van der Waals surface area contributed by atoms with E-state index in [0.717, 1.165) is 5.56 Å². The minimum absolute atomic E-state index is 0.0936. The summed E-state index contributed by atoms with van der Waals surface area (Å²) < 4.78 is 12.7. The Labute approximate surface area is 239 Å². The predicted molar refractivity (Wildman–Crippen MR) is 160 cm³/mol. The number of ether oxygens (including phenoxy) is 2. The maximum absolute atomic E-state index is 12.6. The standard InChI is InChI=1S/C27H43N3O5S3/c1-18(30-22(26(32)33)13-14-36-5)24-23(34-16-19-9-7-6-8-10-19)12-11-20(35-24)15-29-25(31)21(28)17-37-38-27(2,3)4/h6-10,20-24,30H,1,11-17,28H2,2-5H3,(H,29,31)(H,32,33)/t20-,21-,22-,23-,24+/m0/s1. The molecule has 1 saturated heterocycles. The molecule has 1 heterocycles. The highest BCUT2D eigenvalue weighted by atomic mass is 33.1. The van der Waals surface area contributed by atoms with E-state index in [-0.39, 0.29) is 22.9 Å². The van der Waals surface area contributed by atoms with Gasteiger partial charge < -0.3 is 30.9 Å². The van der Waals surface area contributed by atoms with Crippen LogP contribution in [0.3, 0.4) is 0 Å². The van der Waals surface area contributed by atoms with E-state index in [4.69, 9.17) is 15.2 Å². The van der Waals surface area contributed by atoms with Crippen molar-refractivity contribution in [1.29, 1.82) is 0 Å². The lowest BCUT2D eigenvalue weighted by atomic mass is 9.98. The summed E-state index contributed by atoms with van der Waals surface area (Å²) in [5.74, 6) is 0.0793. The van der Waals surface area contributed by atoms with Crippen molar-refractivity contribution in [2.24, 2.45) is 5.73 Å². The molecule has 5 atom stereocenters. The molecule has 0 aromatic heterocycles. The van der Waals surface area contributed by atoms with Gasteiger partial charge >= 0.3 is 5.97 Å². The number of nitrogens with one attached hydrogen (secondary N) is 2. The molecule has 0 spiro atoms. The molecule has 2 rings (SSSR count). The van der Waals surface area contributed by atoms with Gasteiger partial charge in [-0.15, -0.1) is 0 Å². The third-order valence-corrected chi connectivity index (χ3v) is 9.78. The second-order valence-electron chi connectivity index (χ2n) is 10.3. The van der Waals surface area contributed by atoms with E-state index in [0.29, 0.717) is 49.6 Å². The van der Waals surface area contributed by atoms with E-state index in [9.17, 15) is 14.7 Å². The summed E-state index contributed by atoms with van der Waals surface area (Å²) in [5.41, 5.74) is 7.60. The number of carbonyl (C=O) groups excluding carboxylic acids is 1. The van der Waals surface area contributed by atoms with Crippen LogP contribution in [-0.2, 0) is 25.7 Å². The molecule has 1 fully saturated rings. The fourth-order valence-corrected chi connectivity index (χ4v) is 6.67. The first-order valence-electron chi connectivity index (χ1n) is 12.8. The van der Waals surface area contributed by atoms with Crippen LogP contribution in [0.1, 0.15) is 45.6 Å². The van der Waals surface area contributed by atoms with Crippen molar-refractivity contribution in [3.8, 4) is 0 Å². The molecule has 0 radical (unpaired) electrons. The number of thioether (sulfide) groups is 1. The average molecular weight is 586 g/mol. The predicted octanol–water partition coefficient (Wildman–Crippen LogP) is 4.05. The fourth-order valence-electron chi connectivity index (χ4n) is 3.77. The molecule has 1 aromatic carbocycles. The Morgan fingerprint density at radius 3 is 2.61 bits per heavy atom. The van der Waals surface area contributed by atoms with Crippen molar-refractivity contribution in [2.45, 2.75) is 81.8 Å². The molecular formula is C27H43N3O5S3. The molecule has 38 heavy (non-hydrogen) atoms. The zero-order valence-electron chi connectivity index (χ0n) is 22.8. The van der Waals surface area contributed by atoms with Crippen LogP contribution in [-0.4, -0.2) is 76.4 Å². The molecule has 8 nitrogen and oxygen atoms in total. The van der Waals surface area contributed by atoms with Gasteiger partial charge in [-0.1, -0.05) is 79.3 Å². The van der Waals surface area contributed by atoms with Crippen LogP contribution in [0, 0.1) is 0 Å². The third-order valence-electron chi connectivity index (χ3n) is 5.77. The number of benzene rings is 1. The molecule has 1 aliphatic rings. The van der Waals surface area contributed by atoms with Gasteiger partial charge in [-0.3, -0.25) is 4.79 Å². The van der Waals surface area contributed by atoms with Crippen LogP contribution in [0.4, 0.5) is 0 Å². The summed E-state index contributed by atoms with van der Waals surface area (Å²) in [4.78, 5) is 24.4. The first-order chi connectivity index (χ1) is 18.0. The quantitative estimate of drug-likeness (QED) is 0.211. The third kappa shape index (κ3) is 12.2. The van der Waals surface area contributed by atoms with Crippen LogP contribution in [0.25, 0.3) is 0 Å². The molecule has 214 valence electrons. The molecule has 0 saturated carbocycles. The van der Waals surface area contributed by atoms with Gasteiger partial charge in [-0.05, 0) is 36.8 Å². The van der Waals surface area contributed by atoms with E-state index in [1.165, 1.54) is 0 Å². The summed E-state index contributed by atoms with van der Waals surface area (Å²) in [5, 5.41) is 15.7. The van der Waals surface area contributed by atoms with E-state index in [1.807, 2.05) is 36.6 Å². The highest BCUT2D eigenvalue weighted by molar-refractivity contribution is 8.77. The van der Waals surface area contributed by atoms with Crippen LogP contribution >= 0.6 is 33.3 Å². The minimum atomic E-state index is -0.932. The van der Waals surface area contributed by atoms with Gasteiger partial charge in [0, 0.05) is 22.7 Å². The normalized spacial score (nSPS) is 21.3. The van der Waals surface area contributed by atoms with Crippen molar-refractivity contribution in [3.05, 3.63) is 48.2 Å². The van der Waals surface area contributed by atoms with E-state index < -0.39 is 24.2 Å². The Balaban J connectivity index is 1.98. The summed E-state index contributed by atoms with van der Waals surface area (Å²) in [6.07, 6.45) is 2.65. The van der Waals surface area contributed by atoms with Gasteiger partial charge in [0.15, 0.2) is 0 Å². The zero-order chi connectivity index (χ0) is 28.1. The maximum Gasteiger partial charge on any atom is 0.326 e. The number of carboxylic acid groups (broad SMARTS) is 1. The summed E-state index contributed by atoms with van der Waals surface area (Å²) >= 11 is 1.59. The van der Waals surface area contributed by atoms with Crippen molar-refractivity contribution < 1.29 is 24.2 Å². The Morgan fingerprint density at radius 2 is 1.97 bits per heavy atom. The largest absolute Gasteiger partial charge is 0.480 e. The summed E-state index contributed by atoms with van der Waals surface area (Å²) in [7, 11) is 3.30. The highest BCUT2D eigenvalue weighted by Gasteiger charge is 2.35. The van der Waals surface area contributed by atoms with Crippen LogP contribution < -0.4 is 16.4 Å². The lowest BCUT2D eigenvalue weighted by Gasteiger charge is -2.38. The van der Waals surface area contributed by atoms with E-state index in [1.54, 1.807) is 33.3 Å². The number of carboxylic acids is 1. The second kappa shape index (κ2) is 16.7. The Kier molecular flexibility index (Phi) is 14.4. The van der Waals surface area contributed by atoms with Crippen molar-refractivity contribution in [3.63, 3.8) is 0 Å². The van der Waals surface area contributed by atoms with Crippen molar-refractivity contribution in [1.82, 2.24) is 10.6 Å². The van der Waals surface area contributed by atoms with Crippen LogP contribution in [0.2, 0.25) is 0 Å². The molecule has 11 heteroatoms. The molecule has 1 aliphatic heterocycles. The molecule has 0 unspecified atom stereocenters. The van der Waals surface area contributed by atoms with Gasteiger partial charge in [-0.2, -0.15) is 11.8 Å². The molecule has 0 aliphatic carbocycles. The number of carbonyl (C=O) groups is 2. The average Bonchev–Trinajstić information content (AvgIpc) is 2.88. The van der Waals surface area contributed by atoms with Gasteiger partial charge in [0.2, 0.25) is 5.91 Å². The van der Waals surface area contributed by atoms with Gasteiger partial charge in [-0.25, -0.2) is 4.79 Å². The summed E-state index contributed by atoms with van der Waals surface area (Å²) in [6.45, 7) is 11.2. The van der Waals surface area contributed by atoms with Crippen molar-refractivity contribution in [2.75, 3.05) is 24.3 Å². The zero-order valence-corrected chi connectivity index (χ0v) is 25.3. The lowest BCUT2D eigenvalue weighted by molar-refractivity contribution is -0.142. The number of hydrogen-bond donors (Lipinski definition) is 4. The smallest absolute Gasteiger partial charge is 0.326 e. The highest BCUT2D eigenvalue weighted by Crippen LogP contribution is 2.35. The Bertz CT molecular complexity index is 884. The van der Waals surface area contributed by atoms with E-state index in [2.05, 4.69) is 38.0 Å². The molecular weight excluding hydrogens is 543 g/mol. The van der Waals surface area contributed by atoms with Crippen LogP contribution in [0.15, 0.2) is 42.6 Å². The molecule has 0 bridgehead atoms. The number of amides is 1. The fraction of sp³-hybridized carbons (Fsp3) is 0.630. The number of aliphatic carboxylic acids is 1. The lowest BCUT2D eigenvalue weighted by Crippen LogP contribution is -2.51. The van der Waals surface area contributed by atoms with E-state index >= 15 is 0 Å². The van der Waals surface area contributed by atoms with Crippen molar-refractivity contribution >= 4 is 45.2 Å². The summed E-state index contributed by atoms with van der Waals surface area (Å²) in [6, 6.07) is 8.48. The van der Waals surface area contributed by atoms with Gasteiger partial charge in [0.1, 0.15) is 12.1 Å². The topological polar surface area (TPSA) is 123 Å². The number of hydrogen-bond acceptors (Lipinski definition) is 9. The second-order valence-corrected chi connectivity index (χ2v) is 14.4. The Hall–Kier alpha value is -1.37. The van der Waals surface area contributed by atoms with Gasteiger partial charge in [0.25, 0.3) is 0 Å². The van der Waals surface area contributed by atoms with Crippen LogP contribution in [0.5, 0.6) is 0 Å².